The van der Waals surface area contributed by atoms with Crippen molar-refractivity contribution in [1.29, 1.82) is 5.26 Å². The standard InChI is InChI=1S/C15H25N/c1-2-3-4-5-6-7-8-9-10-11-12-13-14-15-16/h2,13-14H,1,3-12H2/b14-13+. The third-order valence-electron chi connectivity index (χ3n) is 2.72. The summed E-state index contributed by atoms with van der Waals surface area (Å²) in [4.78, 5) is 0. The van der Waals surface area contributed by atoms with Gasteiger partial charge in [-0.3, -0.25) is 0 Å². The van der Waals surface area contributed by atoms with Crippen LogP contribution in [0.5, 0.6) is 0 Å². The molecule has 0 saturated carbocycles. The molecule has 0 heterocycles. The molecule has 0 saturated heterocycles. The summed E-state index contributed by atoms with van der Waals surface area (Å²) >= 11 is 0. The molecule has 0 aliphatic rings. The first-order chi connectivity index (χ1) is 7.91. The summed E-state index contributed by atoms with van der Waals surface area (Å²) in [5.41, 5.74) is 0. The Morgan fingerprint density at radius 3 is 1.81 bits per heavy atom. The molecule has 0 aliphatic heterocycles. The first kappa shape index (κ1) is 15.0. The molecule has 0 spiro atoms. The number of nitriles is 1. The Kier molecular flexibility index (Phi) is 13.1. The van der Waals surface area contributed by atoms with Gasteiger partial charge in [-0.25, -0.2) is 0 Å². The average Bonchev–Trinajstić information content (AvgIpc) is 2.31. The molecule has 16 heavy (non-hydrogen) atoms. The molecule has 0 aliphatic carbocycles. The summed E-state index contributed by atoms with van der Waals surface area (Å²) in [6.07, 6.45) is 18.5. The average molecular weight is 219 g/mol. The van der Waals surface area contributed by atoms with Gasteiger partial charge in [0.2, 0.25) is 0 Å². The van der Waals surface area contributed by atoms with E-state index < -0.39 is 0 Å². The fraction of sp³-hybridized carbons (Fsp3) is 0.667. The molecule has 1 nitrogen and oxygen atoms in total. The zero-order chi connectivity index (χ0) is 11.9. The highest BCUT2D eigenvalue weighted by atomic mass is 14.2. The number of unbranched alkanes of at least 4 members (excludes halogenated alkanes) is 9. The molecule has 0 fully saturated rings. The second-order valence-corrected chi connectivity index (χ2v) is 4.23. The number of hydrogen-bond acceptors (Lipinski definition) is 1. The van der Waals surface area contributed by atoms with Gasteiger partial charge in [0, 0.05) is 6.08 Å². The molecule has 0 aromatic carbocycles. The highest BCUT2D eigenvalue weighted by molar-refractivity contribution is 5.01. The van der Waals surface area contributed by atoms with Crippen molar-refractivity contribution >= 4 is 0 Å². The summed E-state index contributed by atoms with van der Waals surface area (Å²) in [7, 11) is 0. The van der Waals surface area contributed by atoms with E-state index in [9.17, 15) is 0 Å². The van der Waals surface area contributed by atoms with E-state index in [0.29, 0.717) is 0 Å². The third-order valence-corrected chi connectivity index (χ3v) is 2.72. The van der Waals surface area contributed by atoms with E-state index >= 15 is 0 Å². The highest BCUT2D eigenvalue weighted by Crippen LogP contribution is 2.10. The van der Waals surface area contributed by atoms with Gasteiger partial charge in [0.05, 0.1) is 6.07 Å². The minimum Gasteiger partial charge on any atom is -0.193 e. The van der Waals surface area contributed by atoms with E-state index in [2.05, 4.69) is 6.58 Å². The molecule has 0 N–H and O–H groups in total. The predicted molar refractivity (Wildman–Crippen MR) is 71.1 cm³/mol. The molecule has 90 valence electrons. The quantitative estimate of drug-likeness (QED) is 0.268. The Labute approximate surface area is 101 Å². The smallest absolute Gasteiger partial charge is 0.0908 e. The fourth-order valence-electron chi connectivity index (χ4n) is 1.75. The van der Waals surface area contributed by atoms with E-state index in [1.807, 2.05) is 18.2 Å². The van der Waals surface area contributed by atoms with Crippen LogP contribution >= 0.6 is 0 Å². The molecule has 0 atom stereocenters. The van der Waals surface area contributed by atoms with Crippen molar-refractivity contribution < 1.29 is 0 Å². The lowest BCUT2D eigenvalue weighted by Crippen LogP contribution is -1.80. The normalized spacial score (nSPS) is 10.4. The number of hydrogen-bond donors (Lipinski definition) is 0. The maximum absolute atomic E-state index is 8.28. The molecule has 0 bridgehead atoms. The van der Waals surface area contributed by atoms with Crippen molar-refractivity contribution in [3.8, 4) is 6.07 Å². The SMILES string of the molecule is C=CCCCCCCCCCC/C=C/C#N. The van der Waals surface area contributed by atoms with Crippen LogP contribution < -0.4 is 0 Å². The van der Waals surface area contributed by atoms with Crippen molar-refractivity contribution in [1.82, 2.24) is 0 Å². The maximum atomic E-state index is 8.28. The van der Waals surface area contributed by atoms with Crippen LogP contribution in [0, 0.1) is 11.3 Å². The van der Waals surface area contributed by atoms with Gasteiger partial charge in [-0.1, -0.05) is 50.7 Å². The van der Waals surface area contributed by atoms with Crippen molar-refractivity contribution in [3.63, 3.8) is 0 Å². The minimum absolute atomic E-state index is 1.06. The number of nitrogens with zero attached hydrogens (tertiary/aromatic N) is 1. The fourth-order valence-corrected chi connectivity index (χ4v) is 1.75. The van der Waals surface area contributed by atoms with Gasteiger partial charge < -0.3 is 0 Å². The van der Waals surface area contributed by atoms with Crippen LogP contribution in [0.4, 0.5) is 0 Å². The van der Waals surface area contributed by atoms with E-state index in [1.54, 1.807) is 6.08 Å². The van der Waals surface area contributed by atoms with Crippen LogP contribution in [0.3, 0.4) is 0 Å². The summed E-state index contributed by atoms with van der Waals surface area (Å²) in [6.45, 7) is 3.72. The van der Waals surface area contributed by atoms with Crippen LogP contribution in [-0.4, -0.2) is 0 Å². The van der Waals surface area contributed by atoms with E-state index in [-0.39, 0.29) is 0 Å². The topological polar surface area (TPSA) is 23.8 Å². The predicted octanol–water partition coefficient (Wildman–Crippen LogP) is 5.15. The van der Waals surface area contributed by atoms with Crippen LogP contribution in [-0.2, 0) is 0 Å². The molecular formula is C15H25N. The largest absolute Gasteiger partial charge is 0.193 e. The Balaban J connectivity index is 2.96. The van der Waals surface area contributed by atoms with Gasteiger partial charge in [0.1, 0.15) is 0 Å². The summed E-state index contributed by atoms with van der Waals surface area (Å²) in [5.74, 6) is 0. The Morgan fingerprint density at radius 2 is 1.31 bits per heavy atom. The molecule has 0 unspecified atom stereocenters. The summed E-state index contributed by atoms with van der Waals surface area (Å²) < 4.78 is 0. The zero-order valence-electron chi connectivity index (χ0n) is 10.5. The van der Waals surface area contributed by atoms with Gasteiger partial charge in [0.15, 0.2) is 0 Å². The first-order valence-corrected chi connectivity index (χ1v) is 6.57. The number of rotatable bonds is 11. The van der Waals surface area contributed by atoms with Crippen LogP contribution in [0.25, 0.3) is 0 Å². The zero-order valence-corrected chi connectivity index (χ0v) is 10.5. The molecule has 0 amide bonds. The molecule has 0 aromatic heterocycles. The maximum Gasteiger partial charge on any atom is 0.0908 e. The van der Waals surface area contributed by atoms with Gasteiger partial charge in [0.25, 0.3) is 0 Å². The van der Waals surface area contributed by atoms with Crippen molar-refractivity contribution in [3.05, 3.63) is 24.8 Å². The third kappa shape index (κ3) is 13.0. The molecule has 0 radical (unpaired) electrons. The van der Waals surface area contributed by atoms with Gasteiger partial charge in [-0.05, 0) is 25.7 Å². The van der Waals surface area contributed by atoms with Gasteiger partial charge >= 0.3 is 0 Å². The lowest BCUT2D eigenvalue weighted by Gasteiger charge is -2.00. The van der Waals surface area contributed by atoms with Crippen molar-refractivity contribution in [2.45, 2.75) is 64.2 Å². The van der Waals surface area contributed by atoms with Crippen molar-refractivity contribution in [2.24, 2.45) is 0 Å². The van der Waals surface area contributed by atoms with E-state index in [1.165, 1.54) is 57.8 Å². The highest BCUT2D eigenvalue weighted by Gasteiger charge is 1.91. The van der Waals surface area contributed by atoms with Crippen LogP contribution in [0.2, 0.25) is 0 Å². The number of allylic oxidation sites excluding steroid dienone is 3. The summed E-state index contributed by atoms with van der Waals surface area (Å²) in [5, 5.41) is 8.28. The second kappa shape index (κ2) is 14.0. The molecule has 1 heteroatoms. The van der Waals surface area contributed by atoms with E-state index in [0.717, 1.165) is 6.42 Å². The Morgan fingerprint density at radius 1 is 0.812 bits per heavy atom. The first-order valence-electron chi connectivity index (χ1n) is 6.57. The second-order valence-electron chi connectivity index (χ2n) is 4.23. The minimum atomic E-state index is 1.06. The van der Waals surface area contributed by atoms with Gasteiger partial charge in [-0.15, -0.1) is 6.58 Å². The molecular weight excluding hydrogens is 194 g/mol. The lowest BCUT2D eigenvalue weighted by atomic mass is 10.1. The Bertz CT molecular complexity index is 210. The lowest BCUT2D eigenvalue weighted by molar-refractivity contribution is 0.571. The molecule has 0 rings (SSSR count). The Hall–Kier alpha value is -1.03. The van der Waals surface area contributed by atoms with E-state index in [4.69, 9.17) is 5.26 Å². The van der Waals surface area contributed by atoms with Crippen molar-refractivity contribution in [2.75, 3.05) is 0 Å². The monoisotopic (exact) mass is 219 g/mol. The summed E-state index contributed by atoms with van der Waals surface area (Å²) in [6, 6.07) is 2.02. The molecule has 0 aromatic rings. The van der Waals surface area contributed by atoms with Gasteiger partial charge in [-0.2, -0.15) is 5.26 Å². The van der Waals surface area contributed by atoms with Crippen LogP contribution in [0.1, 0.15) is 64.2 Å². The van der Waals surface area contributed by atoms with Crippen LogP contribution in [0.15, 0.2) is 24.8 Å².